The molecule has 0 spiro atoms. The van der Waals surface area contributed by atoms with Gasteiger partial charge >= 0.3 is 0 Å². The number of unbranched alkanes of at least 4 members (excludes halogenated alkanes) is 2. The Kier molecular flexibility index (Phi) is 6.40. The van der Waals surface area contributed by atoms with Crippen LogP contribution in [-0.4, -0.2) is 27.8 Å². The molecular weight excluding hydrogens is 366 g/mol. The third kappa shape index (κ3) is 3.83. The highest BCUT2D eigenvalue weighted by molar-refractivity contribution is 8.00. The van der Waals surface area contributed by atoms with Gasteiger partial charge in [0, 0.05) is 18.5 Å². The monoisotopic (exact) mass is 393 g/mol. The molecule has 2 heterocycles. The van der Waals surface area contributed by atoms with Crippen molar-refractivity contribution in [3.63, 3.8) is 0 Å². The van der Waals surface area contributed by atoms with E-state index in [1.807, 2.05) is 11.5 Å². The highest BCUT2D eigenvalue weighted by atomic mass is 32.2. The van der Waals surface area contributed by atoms with E-state index in [0.717, 1.165) is 48.7 Å². The van der Waals surface area contributed by atoms with Gasteiger partial charge in [0.1, 0.15) is 4.83 Å². The molecule has 7 heteroatoms. The standard InChI is InChI=1S/C19H27N3O2S2/c1-4-5-8-11-22-18(24)15-13-9-6-7-10-14(13)26-17(15)21-19(22)25-12(2)16(23)20-3/h12H,4-11H2,1-3H3,(H,20,23). The van der Waals surface area contributed by atoms with E-state index in [9.17, 15) is 9.59 Å². The lowest BCUT2D eigenvalue weighted by atomic mass is 9.97. The average Bonchev–Trinajstić information content (AvgIpc) is 3.01. The third-order valence-electron chi connectivity index (χ3n) is 4.92. The summed E-state index contributed by atoms with van der Waals surface area (Å²) in [4.78, 5) is 32.3. The van der Waals surface area contributed by atoms with Crippen LogP contribution in [0.2, 0.25) is 0 Å². The number of carbonyl (C=O) groups excluding carboxylic acids is 1. The fraction of sp³-hybridized carbons (Fsp3) is 0.632. The third-order valence-corrected chi connectivity index (χ3v) is 7.20. The van der Waals surface area contributed by atoms with Crippen molar-refractivity contribution in [1.29, 1.82) is 0 Å². The van der Waals surface area contributed by atoms with Gasteiger partial charge in [-0.2, -0.15) is 0 Å². The Bertz CT molecular complexity index is 857. The number of hydrogen-bond acceptors (Lipinski definition) is 5. The zero-order chi connectivity index (χ0) is 18.7. The van der Waals surface area contributed by atoms with Crippen molar-refractivity contribution in [1.82, 2.24) is 14.9 Å². The number of aryl methyl sites for hydroxylation is 2. The predicted octanol–water partition coefficient (Wildman–Crippen LogP) is 3.75. The summed E-state index contributed by atoms with van der Waals surface area (Å²) in [5.41, 5.74) is 1.31. The summed E-state index contributed by atoms with van der Waals surface area (Å²) in [6, 6.07) is 0. The van der Waals surface area contributed by atoms with E-state index >= 15 is 0 Å². The molecule has 0 saturated heterocycles. The average molecular weight is 394 g/mol. The molecule has 1 N–H and O–H groups in total. The molecule has 1 unspecified atom stereocenters. The molecule has 0 radical (unpaired) electrons. The molecule has 1 aliphatic carbocycles. The predicted molar refractivity (Wildman–Crippen MR) is 109 cm³/mol. The SMILES string of the molecule is CCCCCn1c(SC(C)C(=O)NC)nc2sc3c(c2c1=O)CCCC3. The van der Waals surface area contributed by atoms with Gasteiger partial charge in [0.15, 0.2) is 5.16 Å². The van der Waals surface area contributed by atoms with Crippen molar-refractivity contribution in [2.45, 2.75) is 75.7 Å². The first-order valence-electron chi connectivity index (χ1n) is 9.50. The minimum absolute atomic E-state index is 0.0464. The number of nitrogens with zero attached hydrogens (tertiary/aromatic N) is 2. The molecular formula is C19H27N3O2S2. The first-order chi connectivity index (χ1) is 12.6. The van der Waals surface area contributed by atoms with E-state index in [-0.39, 0.29) is 16.7 Å². The van der Waals surface area contributed by atoms with Crippen molar-refractivity contribution in [3.8, 4) is 0 Å². The van der Waals surface area contributed by atoms with Gasteiger partial charge < -0.3 is 5.32 Å². The zero-order valence-electron chi connectivity index (χ0n) is 15.8. The van der Waals surface area contributed by atoms with Crippen LogP contribution in [0.25, 0.3) is 10.2 Å². The Labute approximate surface area is 162 Å². The van der Waals surface area contributed by atoms with E-state index in [1.54, 1.807) is 18.4 Å². The molecule has 3 rings (SSSR count). The summed E-state index contributed by atoms with van der Waals surface area (Å²) in [6.07, 6.45) is 7.54. The van der Waals surface area contributed by atoms with Crippen LogP contribution in [0.15, 0.2) is 9.95 Å². The van der Waals surface area contributed by atoms with Gasteiger partial charge in [-0.3, -0.25) is 14.2 Å². The second kappa shape index (κ2) is 8.57. The van der Waals surface area contributed by atoms with E-state index in [2.05, 4.69) is 12.2 Å². The van der Waals surface area contributed by atoms with Crippen LogP contribution in [-0.2, 0) is 24.2 Å². The summed E-state index contributed by atoms with van der Waals surface area (Å²) in [7, 11) is 1.64. The van der Waals surface area contributed by atoms with Crippen molar-refractivity contribution >= 4 is 39.2 Å². The van der Waals surface area contributed by atoms with Crippen LogP contribution < -0.4 is 10.9 Å². The Morgan fingerprint density at radius 3 is 2.85 bits per heavy atom. The Hall–Kier alpha value is -1.34. The molecule has 1 aliphatic rings. The number of fused-ring (bicyclic) bond motifs is 3. The van der Waals surface area contributed by atoms with Crippen LogP contribution in [0.5, 0.6) is 0 Å². The second-order valence-electron chi connectivity index (χ2n) is 6.82. The number of rotatable bonds is 7. The van der Waals surface area contributed by atoms with Crippen LogP contribution in [0.4, 0.5) is 0 Å². The van der Waals surface area contributed by atoms with E-state index in [0.29, 0.717) is 11.7 Å². The minimum atomic E-state index is -0.281. The Morgan fingerprint density at radius 1 is 1.35 bits per heavy atom. The van der Waals surface area contributed by atoms with Crippen LogP contribution in [0, 0.1) is 0 Å². The number of amides is 1. The van der Waals surface area contributed by atoms with Crippen molar-refractivity contribution < 1.29 is 4.79 Å². The first-order valence-corrected chi connectivity index (χ1v) is 11.2. The number of nitrogens with one attached hydrogen (secondary N) is 1. The molecule has 0 saturated carbocycles. The lowest BCUT2D eigenvalue weighted by Crippen LogP contribution is -2.29. The van der Waals surface area contributed by atoms with E-state index in [1.165, 1.54) is 28.6 Å². The lowest BCUT2D eigenvalue weighted by Gasteiger charge is -2.15. The summed E-state index contributed by atoms with van der Waals surface area (Å²) >= 11 is 3.05. The molecule has 26 heavy (non-hydrogen) atoms. The second-order valence-corrected chi connectivity index (χ2v) is 9.22. The van der Waals surface area contributed by atoms with Gasteiger partial charge in [-0.15, -0.1) is 11.3 Å². The summed E-state index contributed by atoms with van der Waals surface area (Å²) in [5, 5.41) is 3.90. The number of carbonyl (C=O) groups is 1. The van der Waals surface area contributed by atoms with Crippen molar-refractivity contribution in [2.75, 3.05) is 7.05 Å². The molecule has 0 bridgehead atoms. The summed E-state index contributed by atoms with van der Waals surface area (Å²) < 4.78 is 1.81. The number of thioether (sulfide) groups is 1. The summed E-state index contributed by atoms with van der Waals surface area (Å²) in [6.45, 7) is 4.68. The normalized spacial score (nSPS) is 15.0. The van der Waals surface area contributed by atoms with Crippen molar-refractivity contribution in [2.24, 2.45) is 0 Å². The van der Waals surface area contributed by atoms with Gasteiger partial charge in [-0.05, 0) is 44.6 Å². The molecule has 2 aromatic heterocycles. The molecule has 0 fully saturated rings. The van der Waals surface area contributed by atoms with Crippen molar-refractivity contribution in [3.05, 3.63) is 20.8 Å². The van der Waals surface area contributed by atoms with Crippen LogP contribution >= 0.6 is 23.1 Å². The van der Waals surface area contributed by atoms with Gasteiger partial charge in [0.25, 0.3) is 5.56 Å². The first kappa shape index (κ1) is 19.4. The maximum atomic E-state index is 13.3. The van der Waals surface area contributed by atoms with Crippen LogP contribution in [0.3, 0.4) is 0 Å². The molecule has 1 atom stereocenters. The van der Waals surface area contributed by atoms with Crippen LogP contribution in [0.1, 0.15) is 56.4 Å². The molecule has 1 amide bonds. The quantitative estimate of drug-likeness (QED) is 0.442. The molecule has 0 aromatic carbocycles. The Morgan fingerprint density at radius 2 is 2.12 bits per heavy atom. The maximum Gasteiger partial charge on any atom is 0.263 e. The lowest BCUT2D eigenvalue weighted by molar-refractivity contribution is -0.119. The van der Waals surface area contributed by atoms with Gasteiger partial charge in [0.05, 0.1) is 10.6 Å². The van der Waals surface area contributed by atoms with E-state index in [4.69, 9.17) is 4.98 Å². The smallest absolute Gasteiger partial charge is 0.263 e. The molecule has 2 aromatic rings. The Balaban J connectivity index is 2.07. The summed E-state index contributed by atoms with van der Waals surface area (Å²) in [5.74, 6) is -0.0464. The van der Waals surface area contributed by atoms with Gasteiger partial charge in [-0.25, -0.2) is 4.98 Å². The fourth-order valence-electron chi connectivity index (χ4n) is 3.44. The number of aromatic nitrogens is 2. The topological polar surface area (TPSA) is 64.0 Å². The highest BCUT2D eigenvalue weighted by Crippen LogP contribution is 2.35. The van der Waals surface area contributed by atoms with Gasteiger partial charge in [-0.1, -0.05) is 31.5 Å². The highest BCUT2D eigenvalue weighted by Gasteiger charge is 2.24. The minimum Gasteiger partial charge on any atom is -0.358 e. The molecule has 142 valence electrons. The molecule has 5 nitrogen and oxygen atoms in total. The van der Waals surface area contributed by atoms with E-state index < -0.39 is 0 Å². The molecule has 0 aliphatic heterocycles. The number of hydrogen-bond donors (Lipinski definition) is 1. The zero-order valence-corrected chi connectivity index (χ0v) is 17.4. The largest absolute Gasteiger partial charge is 0.358 e. The fourth-order valence-corrected chi connectivity index (χ4v) is 5.74. The van der Waals surface area contributed by atoms with Gasteiger partial charge in [0.2, 0.25) is 5.91 Å². The number of thiophene rings is 1. The maximum absolute atomic E-state index is 13.3.